The van der Waals surface area contributed by atoms with Gasteiger partial charge in [0.05, 0.1) is 10.8 Å². The van der Waals surface area contributed by atoms with Crippen molar-refractivity contribution >= 4 is 35.1 Å². The largest absolute Gasteiger partial charge is 0.309 e. The van der Waals surface area contributed by atoms with Crippen molar-refractivity contribution in [1.29, 1.82) is 0 Å². The molecule has 1 aliphatic heterocycles. The zero-order chi connectivity index (χ0) is 12.4. The molecule has 0 N–H and O–H groups in total. The second kappa shape index (κ2) is 4.94. The van der Waals surface area contributed by atoms with Gasteiger partial charge in [0.25, 0.3) is 0 Å². The van der Waals surface area contributed by atoms with Gasteiger partial charge in [0, 0.05) is 23.7 Å². The van der Waals surface area contributed by atoms with Gasteiger partial charge >= 0.3 is 0 Å². The lowest BCUT2D eigenvalue weighted by Crippen LogP contribution is -2.19. The summed E-state index contributed by atoms with van der Waals surface area (Å²) in [6, 6.07) is 6.68. The van der Waals surface area contributed by atoms with Crippen LogP contribution in [0.15, 0.2) is 35.4 Å². The monoisotopic (exact) mass is 267 g/mol. The maximum atomic E-state index is 11.9. The maximum absolute atomic E-state index is 11.9. The van der Waals surface area contributed by atoms with Gasteiger partial charge in [-0.05, 0) is 24.3 Å². The first kappa shape index (κ1) is 12.2. The topological polar surface area (TPSA) is 37.4 Å². The quantitative estimate of drug-likeness (QED) is 0.611. The van der Waals surface area contributed by atoms with Crippen LogP contribution in [-0.2, 0) is 4.79 Å². The van der Waals surface area contributed by atoms with Gasteiger partial charge in [0.15, 0.2) is 5.78 Å². The molecule has 0 atom stereocenters. The van der Waals surface area contributed by atoms with E-state index in [1.807, 2.05) is 0 Å². The lowest BCUT2D eigenvalue weighted by atomic mass is 10.1. The first-order valence-corrected chi connectivity index (χ1v) is 6.35. The molecule has 0 aliphatic carbocycles. The third-order valence-electron chi connectivity index (χ3n) is 2.43. The number of allylic oxidation sites excluding steroid dienone is 1. The molecule has 0 saturated carbocycles. The Morgan fingerprint density at radius 1 is 1.41 bits per heavy atom. The van der Waals surface area contributed by atoms with Gasteiger partial charge in [0.2, 0.25) is 5.91 Å². The SMILES string of the molecule is CN1C(=O)CSC1=CC(=O)c1ccc(Cl)cc1. The minimum absolute atomic E-state index is 0.0187. The summed E-state index contributed by atoms with van der Waals surface area (Å²) in [5.41, 5.74) is 0.565. The molecular formula is C12H10ClNO2S. The van der Waals surface area contributed by atoms with E-state index >= 15 is 0 Å². The molecule has 1 aliphatic rings. The molecule has 1 fully saturated rings. The van der Waals surface area contributed by atoms with E-state index in [1.165, 1.54) is 22.7 Å². The Morgan fingerprint density at radius 2 is 2.06 bits per heavy atom. The summed E-state index contributed by atoms with van der Waals surface area (Å²) >= 11 is 7.12. The van der Waals surface area contributed by atoms with Crippen molar-refractivity contribution in [2.24, 2.45) is 0 Å². The van der Waals surface area contributed by atoms with E-state index < -0.39 is 0 Å². The standard InChI is InChI=1S/C12H10ClNO2S/c1-14-11(16)7-17-12(14)6-10(15)8-2-4-9(13)5-3-8/h2-6H,7H2,1H3. The second-order valence-electron chi connectivity index (χ2n) is 3.60. The van der Waals surface area contributed by atoms with Crippen LogP contribution < -0.4 is 0 Å². The summed E-state index contributed by atoms with van der Waals surface area (Å²) in [7, 11) is 1.67. The molecule has 0 bridgehead atoms. The number of benzene rings is 1. The molecule has 1 heterocycles. The third kappa shape index (κ3) is 2.70. The number of rotatable bonds is 2. The first-order chi connectivity index (χ1) is 8.08. The highest BCUT2D eigenvalue weighted by molar-refractivity contribution is 8.04. The van der Waals surface area contributed by atoms with Crippen molar-refractivity contribution in [3.8, 4) is 0 Å². The molecular weight excluding hydrogens is 258 g/mol. The van der Waals surface area contributed by atoms with Crippen LogP contribution in [0.3, 0.4) is 0 Å². The number of hydrogen-bond acceptors (Lipinski definition) is 3. The van der Waals surface area contributed by atoms with Gasteiger partial charge in [-0.2, -0.15) is 0 Å². The Labute approximate surface area is 108 Å². The Bertz CT molecular complexity index is 496. The lowest BCUT2D eigenvalue weighted by Gasteiger charge is -2.08. The maximum Gasteiger partial charge on any atom is 0.237 e. The summed E-state index contributed by atoms with van der Waals surface area (Å²) in [6.45, 7) is 0. The van der Waals surface area contributed by atoms with Crippen molar-refractivity contribution in [3.05, 3.63) is 46.0 Å². The van der Waals surface area contributed by atoms with Gasteiger partial charge in [-0.3, -0.25) is 9.59 Å². The van der Waals surface area contributed by atoms with Crippen LogP contribution in [0.2, 0.25) is 5.02 Å². The van der Waals surface area contributed by atoms with Crippen molar-refractivity contribution in [2.75, 3.05) is 12.8 Å². The van der Waals surface area contributed by atoms with Crippen molar-refractivity contribution in [1.82, 2.24) is 4.90 Å². The van der Waals surface area contributed by atoms with Crippen LogP contribution in [0.1, 0.15) is 10.4 Å². The normalized spacial score (nSPS) is 17.9. The van der Waals surface area contributed by atoms with Crippen LogP contribution in [0.25, 0.3) is 0 Å². The average molecular weight is 268 g/mol. The van der Waals surface area contributed by atoms with Crippen LogP contribution in [0.5, 0.6) is 0 Å². The molecule has 17 heavy (non-hydrogen) atoms. The smallest absolute Gasteiger partial charge is 0.237 e. The number of amides is 1. The first-order valence-electron chi connectivity index (χ1n) is 4.99. The molecule has 0 unspecified atom stereocenters. The van der Waals surface area contributed by atoms with Crippen molar-refractivity contribution in [3.63, 3.8) is 0 Å². The minimum atomic E-state index is -0.120. The molecule has 1 saturated heterocycles. The Morgan fingerprint density at radius 3 is 2.59 bits per heavy atom. The predicted octanol–water partition coefficient (Wildman–Crippen LogP) is 2.57. The summed E-state index contributed by atoms with van der Waals surface area (Å²) in [6.07, 6.45) is 1.48. The third-order valence-corrected chi connectivity index (χ3v) is 3.76. The van der Waals surface area contributed by atoms with E-state index in [0.29, 0.717) is 21.4 Å². The van der Waals surface area contributed by atoms with Gasteiger partial charge in [0.1, 0.15) is 0 Å². The number of halogens is 1. The zero-order valence-corrected chi connectivity index (χ0v) is 10.7. The number of carbonyl (C=O) groups excluding carboxylic acids is 2. The van der Waals surface area contributed by atoms with E-state index in [1.54, 1.807) is 31.3 Å². The van der Waals surface area contributed by atoms with Gasteiger partial charge in [-0.1, -0.05) is 23.4 Å². The summed E-state index contributed by atoms with van der Waals surface area (Å²) < 4.78 is 0. The van der Waals surface area contributed by atoms with Crippen LogP contribution in [0, 0.1) is 0 Å². The lowest BCUT2D eigenvalue weighted by molar-refractivity contribution is -0.124. The molecule has 5 heteroatoms. The fourth-order valence-electron chi connectivity index (χ4n) is 1.40. The number of nitrogens with zero attached hydrogens (tertiary/aromatic N) is 1. The highest BCUT2D eigenvalue weighted by atomic mass is 35.5. The summed E-state index contributed by atoms with van der Waals surface area (Å²) in [5, 5.41) is 1.28. The van der Waals surface area contributed by atoms with Gasteiger partial charge < -0.3 is 4.90 Å². The van der Waals surface area contributed by atoms with E-state index in [-0.39, 0.29) is 11.7 Å². The Hall–Kier alpha value is -1.26. The highest BCUT2D eigenvalue weighted by Gasteiger charge is 2.23. The van der Waals surface area contributed by atoms with Crippen molar-refractivity contribution in [2.45, 2.75) is 0 Å². The summed E-state index contributed by atoms with van der Waals surface area (Å²) in [4.78, 5) is 24.7. The molecule has 88 valence electrons. The fourth-order valence-corrected chi connectivity index (χ4v) is 2.48. The van der Waals surface area contributed by atoms with Gasteiger partial charge in [-0.25, -0.2) is 0 Å². The number of ketones is 1. The molecule has 1 amide bonds. The van der Waals surface area contributed by atoms with E-state index in [0.717, 1.165) is 0 Å². The van der Waals surface area contributed by atoms with Crippen molar-refractivity contribution < 1.29 is 9.59 Å². The predicted molar refractivity (Wildman–Crippen MR) is 69.1 cm³/mol. The fraction of sp³-hybridized carbons (Fsp3) is 0.167. The Balaban J connectivity index is 2.19. The number of hydrogen-bond donors (Lipinski definition) is 0. The van der Waals surface area contributed by atoms with E-state index in [9.17, 15) is 9.59 Å². The zero-order valence-electron chi connectivity index (χ0n) is 9.14. The van der Waals surface area contributed by atoms with Crippen LogP contribution >= 0.6 is 23.4 Å². The Kier molecular flexibility index (Phi) is 3.54. The molecule has 0 radical (unpaired) electrons. The van der Waals surface area contributed by atoms with E-state index in [4.69, 9.17) is 11.6 Å². The highest BCUT2D eigenvalue weighted by Crippen LogP contribution is 2.27. The van der Waals surface area contributed by atoms with Crippen LogP contribution in [-0.4, -0.2) is 29.4 Å². The second-order valence-corrected chi connectivity index (χ2v) is 5.03. The molecule has 2 rings (SSSR count). The van der Waals surface area contributed by atoms with Crippen LogP contribution in [0.4, 0.5) is 0 Å². The molecule has 1 aromatic carbocycles. The molecule has 3 nitrogen and oxygen atoms in total. The van der Waals surface area contributed by atoms with E-state index in [2.05, 4.69) is 0 Å². The molecule has 0 spiro atoms. The number of carbonyl (C=O) groups is 2. The van der Waals surface area contributed by atoms with Gasteiger partial charge in [-0.15, -0.1) is 0 Å². The summed E-state index contributed by atoms with van der Waals surface area (Å²) in [5.74, 6) is 0.298. The minimum Gasteiger partial charge on any atom is -0.309 e. The molecule has 1 aromatic rings. The molecule has 0 aromatic heterocycles. The average Bonchev–Trinajstić information content (AvgIpc) is 2.62. The number of thioether (sulfide) groups is 1.